The van der Waals surface area contributed by atoms with Crippen LogP contribution in [0.15, 0.2) is 211 Å². The van der Waals surface area contributed by atoms with Gasteiger partial charge in [-0.25, -0.2) is 0 Å². The van der Waals surface area contributed by atoms with Gasteiger partial charge in [-0.2, -0.15) is 0 Å². The Morgan fingerprint density at radius 1 is 0.429 bits per heavy atom. The van der Waals surface area contributed by atoms with Crippen LogP contribution in [-0.4, -0.2) is 0 Å². The van der Waals surface area contributed by atoms with Crippen LogP contribution in [0.4, 0.5) is 17.1 Å². The number of para-hydroxylation sites is 1. The molecule has 2 nitrogen and oxygen atoms in total. The Morgan fingerprint density at radius 2 is 1.06 bits per heavy atom. The normalized spacial score (nSPS) is 15.7. The van der Waals surface area contributed by atoms with Crippen LogP contribution in [0.25, 0.3) is 65.7 Å². The van der Waals surface area contributed by atoms with Crippen molar-refractivity contribution in [2.45, 2.75) is 31.6 Å². The molecule has 0 N–H and O–H groups in total. The van der Waals surface area contributed by atoms with Gasteiger partial charge >= 0.3 is 0 Å². The molecule has 0 radical (unpaired) electrons. The van der Waals surface area contributed by atoms with Crippen molar-refractivity contribution in [2.75, 3.05) is 4.90 Å². The second-order valence-corrected chi connectivity index (χ2v) is 18.1. The van der Waals surface area contributed by atoms with Crippen molar-refractivity contribution in [1.82, 2.24) is 0 Å². The molecule has 2 heteroatoms. The van der Waals surface area contributed by atoms with Crippen molar-refractivity contribution in [3.8, 4) is 22.3 Å². The van der Waals surface area contributed by atoms with Gasteiger partial charge in [-0.1, -0.05) is 183 Å². The van der Waals surface area contributed by atoms with E-state index in [2.05, 4.69) is 232 Å². The van der Waals surface area contributed by atoms with Crippen molar-refractivity contribution < 1.29 is 4.42 Å². The Bertz CT molecular complexity index is 3670. The van der Waals surface area contributed by atoms with Crippen molar-refractivity contribution in [2.24, 2.45) is 0 Å². The van der Waals surface area contributed by atoms with E-state index in [4.69, 9.17) is 4.42 Å². The molecule has 11 aromatic rings. The van der Waals surface area contributed by atoms with Gasteiger partial charge in [0.2, 0.25) is 0 Å². The molecular formula is C61H43NO. The van der Waals surface area contributed by atoms with Crippen molar-refractivity contribution in [3.05, 3.63) is 245 Å². The molecule has 1 heterocycles. The Hall–Kier alpha value is -7.68. The average molecular weight is 806 g/mol. The summed E-state index contributed by atoms with van der Waals surface area (Å²) in [5.74, 6) is 0. The van der Waals surface area contributed by atoms with E-state index in [1.807, 2.05) is 0 Å². The van der Waals surface area contributed by atoms with Crippen LogP contribution in [0, 0.1) is 6.92 Å². The molecule has 298 valence electrons. The Kier molecular flexibility index (Phi) is 7.52. The minimum Gasteiger partial charge on any atom is -0.455 e. The number of rotatable bonds is 5. The summed E-state index contributed by atoms with van der Waals surface area (Å²) in [6.07, 6.45) is 0. The molecule has 1 unspecified atom stereocenters. The molecule has 0 saturated carbocycles. The monoisotopic (exact) mass is 805 g/mol. The molecule has 2 aliphatic rings. The predicted octanol–water partition coefficient (Wildman–Crippen LogP) is 16.3. The highest BCUT2D eigenvalue weighted by molar-refractivity contribution is 6.19. The Morgan fingerprint density at radius 3 is 1.89 bits per heavy atom. The van der Waals surface area contributed by atoms with Gasteiger partial charge in [-0.3, -0.25) is 0 Å². The lowest BCUT2D eigenvalue weighted by atomic mass is 9.67. The fourth-order valence-electron chi connectivity index (χ4n) is 11.5. The summed E-state index contributed by atoms with van der Waals surface area (Å²) in [5, 5.41) is 7.18. The third kappa shape index (κ3) is 4.95. The van der Waals surface area contributed by atoms with E-state index < -0.39 is 5.41 Å². The number of furan rings is 1. The number of hydrogen-bond donors (Lipinski definition) is 0. The summed E-state index contributed by atoms with van der Waals surface area (Å²) in [5.41, 5.74) is 18.0. The maximum Gasteiger partial charge on any atom is 0.145 e. The lowest BCUT2D eigenvalue weighted by Gasteiger charge is -2.35. The molecule has 0 bridgehead atoms. The summed E-state index contributed by atoms with van der Waals surface area (Å²) in [7, 11) is 0. The first-order valence-corrected chi connectivity index (χ1v) is 22.1. The molecule has 10 aromatic carbocycles. The molecule has 13 rings (SSSR count). The molecule has 0 fully saturated rings. The molecule has 0 aliphatic heterocycles. The van der Waals surface area contributed by atoms with E-state index in [0.717, 1.165) is 44.6 Å². The SMILES string of the molecule is Cc1ccc(N(c2ccc3c(c2)C(C)(C)c2ccccc2-3)c2cc3c(c4oc5ccccc5c24)-c2ccccc2C3(c2ccccc2)c2ccc3ccc4ccccc4c3c2)cc1. The van der Waals surface area contributed by atoms with Gasteiger partial charge in [0.1, 0.15) is 11.2 Å². The summed E-state index contributed by atoms with van der Waals surface area (Å²) < 4.78 is 7.25. The molecule has 0 amide bonds. The fourth-order valence-corrected chi connectivity index (χ4v) is 11.5. The second-order valence-electron chi connectivity index (χ2n) is 18.1. The first-order valence-electron chi connectivity index (χ1n) is 22.1. The van der Waals surface area contributed by atoms with Gasteiger partial charge < -0.3 is 9.32 Å². The Balaban J connectivity index is 1.18. The van der Waals surface area contributed by atoms with Gasteiger partial charge in [-0.05, 0) is 121 Å². The molecule has 63 heavy (non-hydrogen) atoms. The van der Waals surface area contributed by atoms with E-state index in [1.54, 1.807) is 0 Å². The number of fused-ring (bicyclic) bond motifs is 13. The lowest BCUT2D eigenvalue weighted by molar-refractivity contribution is 0.660. The topological polar surface area (TPSA) is 16.4 Å². The summed E-state index contributed by atoms with van der Waals surface area (Å²) in [4.78, 5) is 2.50. The third-order valence-electron chi connectivity index (χ3n) is 14.4. The number of aryl methyl sites for hydroxylation is 1. The molecule has 1 aromatic heterocycles. The molecule has 2 aliphatic carbocycles. The van der Waals surface area contributed by atoms with Crippen LogP contribution in [0.5, 0.6) is 0 Å². The number of nitrogens with zero attached hydrogens (tertiary/aromatic N) is 1. The van der Waals surface area contributed by atoms with Crippen molar-refractivity contribution >= 4 is 60.5 Å². The zero-order valence-electron chi connectivity index (χ0n) is 35.5. The minimum atomic E-state index is -0.680. The number of hydrogen-bond acceptors (Lipinski definition) is 2. The van der Waals surface area contributed by atoms with Crippen LogP contribution >= 0.6 is 0 Å². The molecular weight excluding hydrogens is 763 g/mol. The first kappa shape index (κ1) is 36.0. The highest BCUT2D eigenvalue weighted by Crippen LogP contribution is 2.61. The number of anilines is 3. The van der Waals surface area contributed by atoms with Crippen molar-refractivity contribution in [3.63, 3.8) is 0 Å². The lowest BCUT2D eigenvalue weighted by Crippen LogP contribution is -2.29. The summed E-state index contributed by atoms with van der Waals surface area (Å²) in [6, 6.07) is 76.8. The zero-order valence-corrected chi connectivity index (χ0v) is 35.5. The standard InChI is InChI=1S/C61H43NO/c1-38-25-31-43(32-26-38)62(44-33-34-47-46-19-9-12-22-51(46)60(2,3)53(47)36-44)55-37-54-57(59-58(55)49-21-11-14-24-56(49)63-59)48-20-10-13-23-52(48)61(54,41-16-5-4-6-17-41)42-30-29-40-28-27-39-15-7-8-18-45(39)50(40)35-42/h4-37H,1-3H3. The molecule has 0 saturated heterocycles. The van der Waals surface area contributed by atoms with Crippen LogP contribution in [0.1, 0.15) is 52.8 Å². The predicted molar refractivity (Wildman–Crippen MR) is 263 cm³/mol. The minimum absolute atomic E-state index is 0.166. The molecule has 1 atom stereocenters. The summed E-state index contributed by atoms with van der Waals surface area (Å²) >= 11 is 0. The van der Waals surface area contributed by atoms with Gasteiger partial charge in [0.15, 0.2) is 0 Å². The first-order chi connectivity index (χ1) is 30.9. The maximum atomic E-state index is 7.25. The number of benzene rings is 10. The maximum absolute atomic E-state index is 7.25. The fraction of sp³-hybridized carbons (Fsp3) is 0.0820. The largest absolute Gasteiger partial charge is 0.455 e. The highest BCUT2D eigenvalue weighted by Gasteiger charge is 2.48. The highest BCUT2D eigenvalue weighted by atomic mass is 16.3. The van der Waals surface area contributed by atoms with Crippen LogP contribution in [-0.2, 0) is 10.8 Å². The van der Waals surface area contributed by atoms with E-state index in [0.29, 0.717) is 0 Å². The van der Waals surface area contributed by atoms with Gasteiger partial charge in [-0.15, -0.1) is 0 Å². The van der Waals surface area contributed by atoms with Crippen LogP contribution in [0.2, 0.25) is 0 Å². The van der Waals surface area contributed by atoms with E-state index in [1.165, 1.54) is 77.2 Å². The van der Waals surface area contributed by atoms with Crippen molar-refractivity contribution in [1.29, 1.82) is 0 Å². The second kappa shape index (κ2) is 13.2. The van der Waals surface area contributed by atoms with E-state index in [9.17, 15) is 0 Å². The van der Waals surface area contributed by atoms with Gasteiger partial charge in [0.05, 0.1) is 16.5 Å². The smallest absolute Gasteiger partial charge is 0.145 e. The van der Waals surface area contributed by atoms with Crippen LogP contribution in [0.3, 0.4) is 0 Å². The molecule has 0 spiro atoms. The summed E-state index contributed by atoms with van der Waals surface area (Å²) in [6.45, 7) is 6.90. The van der Waals surface area contributed by atoms with Gasteiger partial charge in [0, 0.05) is 27.7 Å². The third-order valence-corrected chi connectivity index (χ3v) is 14.4. The van der Waals surface area contributed by atoms with Gasteiger partial charge in [0.25, 0.3) is 0 Å². The quantitative estimate of drug-likeness (QED) is 0.161. The average Bonchev–Trinajstić information content (AvgIpc) is 3.94. The van der Waals surface area contributed by atoms with Crippen LogP contribution < -0.4 is 4.90 Å². The van der Waals surface area contributed by atoms with E-state index >= 15 is 0 Å². The van der Waals surface area contributed by atoms with E-state index in [-0.39, 0.29) is 5.41 Å². The Labute approximate surface area is 367 Å². The zero-order chi connectivity index (χ0) is 42.0.